The highest BCUT2D eigenvalue weighted by Crippen LogP contribution is 1.88. The van der Waals surface area contributed by atoms with Crippen LogP contribution in [-0.4, -0.2) is 61.7 Å². The predicted octanol–water partition coefficient (Wildman–Crippen LogP) is -1.19. The zero-order chi connectivity index (χ0) is 14.1. The fraction of sp³-hybridized carbons (Fsp3) is 0.700. The maximum atomic E-state index is 11.6. The average Bonchev–Trinajstić information content (AvgIpc) is 2.30. The van der Waals surface area contributed by atoms with Crippen molar-refractivity contribution < 1.29 is 14.4 Å². The summed E-state index contributed by atoms with van der Waals surface area (Å²) in [4.78, 5) is 35.0. The van der Waals surface area contributed by atoms with Crippen LogP contribution in [0.4, 0.5) is 4.79 Å². The van der Waals surface area contributed by atoms with Crippen molar-refractivity contribution in [3.05, 3.63) is 0 Å². The van der Waals surface area contributed by atoms with Crippen molar-refractivity contribution >= 4 is 30.5 Å². The van der Waals surface area contributed by atoms with Gasteiger partial charge >= 0.3 is 6.03 Å². The molecule has 0 rings (SSSR count). The van der Waals surface area contributed by atoms with Crippen LogP contribution in [0.5, 0.6) is 0 Å². The molecule has 3 N–H and O–H groups in total. The number of carbonyl (C=O) groups excluding carboxylic acids is 3. The number of hydrogen-bond acceptors (Lipinski definition) is 4. The molecule has 0 saturated carbocycles. The second-order valence-electron chi connectivity index (χ2n) is 3.85. The van der Waals surface area contributed by atoms with Gasteiger partial charge in [-0.3, -0.25) is 9.59 Å². The molecular formula is C10H20N4O3S. The third kappa shape index (κ3) is 7.00. The Bertz CT molecular complexity index is 309. The highest BCUT2D eigenvalue weighted by molar-refractivity contribution is 7.80. The molecule has 0 aliphatic rings. The molecule has 1 atom stereocenters. The van der Waals surface area contributed by atoms with Gasteiger partial charge in [0.05, 0.1) is 0 Å². The molecule has 1 unspecified atom stereocenters. The van der Waals surface area contributed by atoms with E-state index in [9.17, 15) is 14.4 Å². The van der Waals surface area contributed by atoms with Crippen LogP contribution in [0.1, 0.15) is 6.92 Å². The van der Waals surface area contributed by atoms with Gasteiger partial charge in [0, 0.05) is 39.9 Å². The highest BCUT2D eigenvalue weighted by atomic mass is 32.1. The SMILES string of the molecule is CC(=O)NC(CS)C(=O)NCCNC(=O)N(C)C. The minimum absolute atomic E-state index is 0.218. The van der Waals surface area contributed by atoms with Crippen LogP contribution in [0.15, 0.2) is 0 Å². The maximum absolute atomic E-state index is 11.6. The molecule has 8 heteroatoms. The Morgan fingerprint density at radius 1 is 1.17 bits per heavy atom. The zero-order valence-electron chi connectivity index (χ0n) is 10.8. The summed E-state index contributed by atoms with van der Waals surface area (Å²) in [5.41, 5.74) is 0. The van der Waals surface area contributed by atoms with Crippen molar-refractivity contribution in [3.63, 3.8) is 0 Å². The van der Waals surface area contributed by atoms with Gasteiger partial charge in [0.25, 0.3) is 0 Å². The van der Waals surface area contributed by atoms with Gasteiger partial charge in [-0.15, -0.1) is 0 Å². The van der Waals surface area contributed by atoms with Gasteiger partial charge in [-0.2, -0.15) is 12.6 Å². The molecule has 0 aromatic rings. The van der Waals surface area contributed by atoms with Crippen LogP contribution in [-0.2, 0) is 9.59 Å². The van der Waals surface area contributed by atoms with Crippen molar-refractivity contribution in [2.45, 2.75) is 13.0 Å². The molecule has 0 heterocycles. The lowest BCUT2D eigenvalue weighted by Gasteiger charge is -2.16. The van der Waals surface area contributed by atoms with E-state index < -0.39 is 6.04 Å². The van der Waals surface area contributed by atoms with Gasteiger partial charge in [-0.1, -0.05) is 0 Å². The number of urea groups is 1. The minimum atomic E-state index is -0.657. The molecule has 18 heavy (non-hydrogen) atoms. The first-order valence-corrected chi connectivity index (χ1v) is 6.12. The molecule has 0 spiro atoms. The number of nitrogens with zero attached hydrogens (tertiary/aromatic N) is 1. The number of rotatable bonds is 6. The molecule has 0 aliphatic carbocycles. The number of hydrogen-bond donors (Lipinski definition) is 4. The van der Waals surface area contributed by atoms with Crippen molar-refractivity contribution in [1.29, 1.82) is 0 Å². The number of thiol groups is 1. The van der Waals surface area contributed by atoms with Gasteiger partial charge in [-0.05, 0) is 0 Å². The molecule has 0 bridgehead atoms. The van der Waals surface area contributed by atoms with Gasteiger partial charge in [-0.25, -0.2) is 4.79 Å². The predicted molar refractivity (Wildman–Crippen MR) is 71.6 cm³/mol. The summed E-state index contributed by atoms with van der Waals surface area (Å²) in [5.74, 6) is -0.389. The molecule has 0 fully saturated rings. The quantitative estimate of drug-likeness (QED) is 0.363. The van der Waals surface area contributed by atoms with Crippen LogP contribution in [0.3, 0.4) is 0 Å². The van der Waals surface area contributed by atoms with Gasteiger partial charge < -0.3 is 20.9 Å². The Labute approximate surface area is 112 Å². The summed E-state index contributed by atoms with van der Waals surface area (Å²) in [6.45, 7) is 1.95. The first-order valence-electron chi connectivity index (χ1n) is 5.49. The first kappa shape index (κ1) is 16.6. The smallest absolute Gasteiger partial charge is 0.316 e. The second kappa shape index (κ2) is 8.62. The van der Waals surface area contributed by atoms with Crippen molar-refractivity contribution in [1.82, 2.24) is 20.9 Å². The van der Waals surface area contributed by atoms with Gasteiger partial charge in [0.1, 0.15) is 6.04 Å². The Morgan fingerprint density at radius 3 is 2.17 bits per heavy atom. The van der Waals surface area contributed by atoms with Gasteiger partial charge in [0.15, 0.2) is 0 Å². The fourth-order valence-electron chi connectivity index (χ4n) is 1.08. The van der Waals surface area contributed by atoms with Crippen molar-refractivity contribution in [2.24, 2.45) is 0 Å². The van der Waals surface area contributed by atoms with E-state index in [0.29, 0.717) is 13.1 Å². The largest absolute Gasteiger partial charge is 0.353 e. The Hall–Kier alpha value is -1.44. The summed E-state index contributed by atoms with van der Waals surface area (Å²) >= 11 is 3.98. The average molecular weight is 276 g/mol. The summed E-state index contributed by atoms with van der Waals surface area (Å²) < 4.78 is 0. The van der Waals surface area contributed by atoms with Crippen molar-refractivity contribution in [3.8, 4) is 0 Å². The zero-order valence-corrected chi connectivity index (χ0v) is 11.7. The van der Waals surface area contributed by atoms with E-state index in [1.807, 2.05) is 0 Å². The fourth-order valence-corrected chi connectivity index (χ4v) is 1.33. The normalized spacial score (nSPS) is 11.3. The lowest BCUT2D eigenvalue weighted by Crippen LogP contribution is -2.49. The molecule has 0 saturated heterocycles. The van der Waals surface area contributed by atoms with E-state index >= 15 is 0 Å². The molecule has 0 radical (unpaired) electrons. The van der Waals surface area contributed by atoms with Crippen LogP contribution < -0.4 is 16.0 Å². The third-order valence-corrected chi connectivity index (χ3v) is 2.35. The van der Waals surface area contributed by atoms with E-state index in [2.05, 4.69) is 28.6 Å². The van der Waals surface area contributed by atoms with Crippen LogP contribution >= 0.6 is 12.6 Å². The highest BCUT2D eigenvalue weighted by Gasteiger charge is 2.16. The molecule has 0 aromatic heterocycles. The minimum Gasteiger partial charge on any atom is -0.353 e. The Balaban J connectivity index is 3.88. The molecular weight excluding hydrogens is 256 g/mol. The second-order valence-corrected chi connectivity index (χ2v) is 4.22. The van der Waals surface area contributed by atoms with Gasteiger partial charge in [0.2, 0.25) is 11.8 Å². The van der Waals surface area contributed by atoms with Crippen LogP contribution in [0.25, 0.3) is 0 Å². The molecule has 0 aromatic carbocycles. The molecule has 0 aliphatic heterocycles. The monoisotopic (exact) mass is 276 g/mol. The van der Waals surface area contributed by atoms with E-state index in [-0.39, 0.29) is 23.6 Å². The Morgan fingerprint density at radius 2 is 1.72 bits per heavy atom. The standard InChI is InChI=1S/C10H20N4O3S/c1-7(15)13-8(6-18)9(16)11-4-5-12-10(17)14(2)3/h8,18H,4-6H2,1-3H3,(H,11,16)(H,12,17)(H,13,15). The topological polar surface area (TPSA) is 90.5 Å². The maximum Gasteiger partial charge on any atom is 0.316 e. The number of amides is 4. The summed E-state index contributed by atoms with van der Waals surface area (Å²) in [6.07, 6.45) is 0. The lowest BCUT2D eigenvalue weighted by atomic mass is 10.3. The molecule has 4 amide bonds. The summed E-state index contributed by atoms with van der Waals surface area (Å²) in [6, 6.07) is -0.882. The Kier molecular flexibility index (Phi) is 7.93. The van der Waals surface area contributed by atoms with E-state index in [4.69, 9.17) is 0 Å². The molecule has 7 nitrogen and oxygen atoms in total. The number of carbonyl (C=O) groups is 3. The van der Waals surface area contributed by atoms with Crippen LogP contribution in [0.2, 0.25) is 0 Å². The molecule has 104 valence electrons. The summed E-state index contributed by atoms with van der Waals surface area (Å²) in [7, 11) is 3.25. The summed E-state index contributed by atoms with van der Waals surface area (Å²) in [5, 5.41) is 7.67. The first-order chi connectivity index (χ1) is 8.38. The van der Waals surface area contributed by atoms with E-state index in [0.717, 1.165) is 0 Å². The number of nitrogens with one attached hydrogen (secondary N) is 3. The van der Waals surface area contributed by atoms with E-state index in [1.54, 1.807) is 14.1 Å². The third-order valence-electron chi connectivity index (χ3n) is 1.98. The van der Waals surface area contributed by atoms with Crippen molar-refractivity contribution in [2.75, 3.05) is 32.9 Å². The van der Waals surface area contributed by atoms with Crippen LogP contribution in [0, 0.1) is 0 Å². The van der Waals surface area contributed by atoms with E-state index in [1.165, 1.54) is 11.8 Å². The lowest BCUT2D eigenvalue weighted by molar-refractivity contribution is -0.127.